The lowest BCUT2D eigenvalue weighted by atomic mass is 10.1. The zero-order valence-electron chi connectivity index (χ0n) is 19.4. The van der Waals surface area contributed by atoms with Gasteiger partial charge in [-0.3, -0.25) is 9.36 Å². The third-order valence-corrected chi connectivity index (χ3v) is 7.81. The Labute approximate surface area is 202 Å². The number of thioether (sulfide) groups is 1. The van der Waals surface area contributed by atoms with Crippen molar-refractivity contribution in [2.24, 2.45) is 0 Å². The van der Waals surface area contributed by atoms with E-state index in [-0.39, 0.29) is 5.56 Å². The van der Waals surface area contributed by atoms with Gasteiger partial charge in [-0.25, -0.2) is 4.98 Å². The SMILES string of the molecule is CCc1sc2nc(SCCOc3ccc(OC)cc3)n(Cc3ccc(C)cc3)c(=O)c2c1C. The van der Waals surface area contributed by atoms with Crippen LogP contribution in [0.5, 0.6) is 11.5 Å². The highest BCUT2D eigenvalue weighted by Gasteiger charge is 2.18. The van der Waals surface area contributed by atoms with E-state index in [0.29, 0.717) is 18.9 Å². The van der Waals surface area contributed by atoms with Crippen LogP contribution in [-0.4, -0.2) is 29.0 Å². The molecule has 33 heavy (non-hydrogen) atoms. The minimum atomic E-state index is 0.0348. The summed E-state index contributed by atoms with van der Waals surface area (Å²) in [4.78, 5) is 20.5. The van der Waals surface area contributed by atoms with Crippen LogP contribution in [0.2, 0.25) is 0 Å². The molecule has 0 radical (unpaired) electrons. The molecule has 0 bridgehead atoms. The van der Waals surface area contributed by atoms with E-state index in [2.05, 4.69) is 38.1 Å². The number of thiophene rings is 1. The van der Waals surface area contributed by atoms with Gasteiger partial charge in [0.2, 0.25) is 0 Å². The van der Waals surface area contributed by atoms with Gasteiger partial charge in [-0.15, -0.1) is 11.3 Å². The molecule has 5 nitrogen and oxygen atoms in total. The van der Waals surface area contributed by atoms with Gasteiger partial charge in [0, 0.05) is 10.6 Å². The van der Waals surface area contributed by atoms with E-state index in [1.165, 1.54) is 10.4 Å². The highest BCUT2D eigenvalue weighted by atomic mass is 32.2. The van der Waals surface area contributed by atoms with Crippen molar-refractivity contribution in [1.29, 1.82) is 0 Å². The van der Waals surface area contributed by atoms with Crippen molar-refractivity contribution in [2.45, 2.75) is 38.9 Å². The fourth-order valence-corrected chi connectivity index (χ4v) is 5.64. The molecule has 0 saturated carbocycles. The smallest absolute Gasteiger partial charge is 0.263 e. The second-order valence-electron chi connectivity index (χ2n) is 7.83. The van der Waals surface area contributed by atoms with Gasteiger partial charge in [-0.05, 0) is 55.7 Å². The molecular formula is C26H28N2O3S2. The first-order valence-corrected chi connectivity index (χ1v) is 12.8. The van der Waals surface area contributed by atoms with E-state index in [1.54, 1.807) is 30.2 Å². The summed E-state index contributed by atoms with van der Waals surface area (Å²) >= 11 is 3.18. The lowest BCUT2D eigenvalue weighted by molar-refractivity contribution is 0.342. The fraction of sp³-hybridized carbons (Fsp3) is 0.308. The van der Waals surface area contributed by atoms with Crippen molar-refractivity contribution >= 4 is 33.3 Å². The van der Waals surface area contributed by atoms with Crippen molar-refractivity contribution in [2.75, 3.05) is 19.5 Å². The number of ether oxygens (including phenoxy) is 2. The summed E-state index contributed by atoms with van der Waals surface area (Å²) in [5.41, 5.74) is 3.38. The predicted octanol–water partition coefficient (Wildman–Crippen LogP) is 5.87. The normalized spacial score (nSPS) is 11.2. The quantitative estimate of drug-likeness (QED) is 0.170. The summed E-state index contributed by atoms with van der Waals surface area (Å²) in [7, 11) is 1.64. The number of fused-ring (bicyclic) bond motifs is 1. The summed E-state index contributed by atoms with van der Waals surface area (Å²) in [6.07, 6.45) is 0.905. The molecule has 2 aromatic carbocycles. The summed E-state index contributed by atoms with van der Waals surface area (Å²) < 4.78 is 12.9. The first kappa shape index (κ1) is 23.4. The van der Waals surface area contributed by atoms with Gasteiger partial charge < -0.3 is 9.47 Å². The van der Waals surface area contributed by atoms with E-state index in [0.717, 1.165) is 44.4 Å². The largest absolute Gasteiger partial charge is 0.497 e. The van der Waals surface area contributed by atoms with Crippen LogP contribution in [0.25, 0.3) is 10.2 Å². The summed E-state index contributed by atoms with van der Waals surface area (Å²) in [5.74, 6) is 2.27. The number of rotatable bonds is 9. The highest BCUT2D eigenvalue weighted by Crippen LogP contribution is 2.30. The molecule has 7 heteroatoms. The maximum absolute atomic E-state index is 13.6. The second-order valence-corrected chi connectivity index (χ2v) is 9.97. The Balaban J connectivity index is 1.58. The van der Waals surface area contributed by atoms with Crippen LogP contribution < -0.4 is 15.0 Å². The molecule has 0 aliphatic heterocycles. The molecule has 4 aromatic rings. The average molecular weight is 481 g/mol. The third kappa shape index (κ3) is 5.25. The summed E-state index contributed by atoms with van der Waals surface area (Å²) in [6.45, 7) is 7.23. The van der Waals surface area contributed by atoms with Gasteiger partial charge in [0.05, 0.1) is 25.6 Å². The highest BCUT2D eigenvalue weighted by molar-refractivity contribution is 7.99. The van der Waals surface area contributed by atoms with Crippen LogP contribution >= 0.6 is 23.1 Å². The number of methoxy groups -OCH3 is 1. The van der Waals surface area contributed by atoms with Gasteiger partial charge in [0.15, 0.2) is 5.16 Å². The second kappa shape index (κ2) is 10.4. The molecule has 2 heterocycles. The first-order valence-electron chi connectivity index (χ1n) is 11.0. The number of aromatic nitrogens is 2. The Bertz CT molecular complexity index is 1290. The number of hydrogen-bond donors (Lipinski definition) is 0. The molecule has 0 aliphatic rings. The molecule has 0 saturated heterocycles. The van der Waals surface area contributed by atoms with Gasteiger partial charge in [0.1, 0.15) is 16.3 Å². The van der Waals surface area contributed by atoms with E-state index < -0.39 is 0 Å². The standard InChI is InChI=1S/C26H28N2O3S2/c1-5-22-18(3)23-24(33-22)27-26(28(25(23)29)16-19-8-6-17(2)7-9-19)32-15-14-31-21-12-10-20(30-4)11-13-21/h6-13H,5,14-16H2,1-4H3. The van der Waals surface area contributed by atoms with E-state index in [1.807, 2.05) is 35.8 Å². The molecular weight excluding hydrogens is 452 g/mol. The minimum absolute atomic E-state index is 0.0348. The van der Waals surface area contributed by atoms with Crippen LogP contribution in [0.3, 0.4) is 0 Å². The summed E-state index contributed by atoms with van der Waals surface area (Å²) in [5, 5.41) is 1.48. The van der Waals surface area contributed by atoms with Crippen LogP contribution in [0.1, 0.15) is 28.5 Å². The van der Waals surface area contributed by atoms with Gasteiger partial charge in [-0.1, -0.05) is 48.5 Å². The molecule has 0 amide bonds. The van der Waals surface area contributed by atoms with Gasteiger partial charge >= 0.3 is 0 Å². The minimum Gasteiger partial charge on any atom is -0.497 e. The van der Waals surface area contributed by atoms with Crippen LogP contribution in [-0.2, 0) is 13.0 Å². The zero-order chi connectivity index (χ0) is 23.4. The molecule has 2 aromatic heterocycles. The molecule has 0 spiro atoms. The Morgan fingerprint density at radius 1 is 1.03 bits per heavy atom. The van der Waals surface area contributed by atoms with Crippen molar-refractivity contribution in [1.82, 2.24) is 9.55 Å². The maximum atomic E-state index is 13.6. The van der Waals surface area contributed by atoms with Crippen LogP contribution in [0.15, 0.2) is 58.5 Å². The van der Waals surface area contributed by atoms with Crippen molar-refractivity contribution in [3.63, 3.8) is 0 Å². The van der Waals surface area contributed by atoms with Gasteiger partial charge in [-0.2, -0.15) is 0 Å². The molecule has 4 rings (SSSR count). The lowest BCUT2D eigenvalue weighted by Crippen LogP contribution is -2.24. The Morgan fingerprint density at radius 3 is 2.39 bits per heavy atom. The fourth-order valence-electron chi connectivity index (χ4n) is 3.67. The maximum Gasteiger partial charge on any atom is 0.263 e. The van der Waals surface area contributed by atoms with Crippen molar-refractivity contribution in [3.05, 3.63) is 80.5 Å². The molecule has 172 valence electrons. The van der Waals surface area contributed by atoms with Gasteiger partial charge in [0.25, 0.3) is 5.56 Å². The number of aryl methyl sites for hydroxylation is 3. The average Bonchev–Trinajstić information content (AvgIpc) is 3.16. The predicted molar refractivity (Wildman–Crippen MR) is 137 cm³/mol. The van der Waals surface area contributed by atoms with E-state index in [9.17, 15) is 4.79 Å². The lowest BCUT2D eigenvalue weighted by Gasteiger charge is -2.13. The molecule has 0 N–H and O–H groups in total. The monoisotopic (exact) mass is 480 g/mol. The van der Waals surface area contributed by atoms with E-state index >= 15 is 0 Å². The zero-order valence-corrected chi connectivity index (χ0v) is 21.0. The topological polar surface area (TPSA) is 53.4 Å². The third-order valence-electron chi connectivity index (χ3n) is 5.54. The Kier molecular flexibility index (Phi) is 7.40. The molecule has 0 atom stereocenters. The first-order chi connectivity index (χ1) is 16.0. The number of hydrogen-bond acceptors (Lipinski definition) is 6. The number of benzene rings is 2. The summed E-state index contributed by atoms with van der Waals surface area (Å²) in [6, 6.07) is 15.8. The van der Waals surface area contributed by atoms with Crippen LogP contribution in [0, 0.1) is 13.8 Å². The molecule has 0 fully saturated rings. The Hall–Kier alpha value is -2.77. The Morgan fingerprint density at radius 2 is 1.73 bits per heavy atom. The molecule has 0 aliphatic carbocycles. The molecule has 0 unspecified atom stereocenters. The van der Waals surface area contributed by atoms with Crippen LogP contribution in [0.4, 0.5) is 0 Å². The number of nitrogens with zero attached hydrogens (tertiary/aromatic N) is 2. The van der Waals surface area contributed by atoms with Crippen molar-refractivity contribution in [3.8, 4) is 11.5 Å². The van der Waals surface area contributed by atoms with E-state index in [4.69, 9.17) is 14.5 Å². The van der Waals surface area contributed by atoms with Crippen molar-refractivity contribution < 1.29 is 9.47 Å².